The zero-order valence-corrected chi connectivity index (χ0v) is 17.6. The molecule has 0 unspecified atom stereocenters. The van der Waals surface area contributed by atoms with Gasteiger partial charge in [0.2, 0.25) is 0 Å². The van der Waals surface area contributed by atoms with Crippen LogP contribution in [0.4, 0.5) is 20.3 Å². The quantitative estimate of drug-likeness (QED) is 0.481. The van der Waals surface area contributed by atoms with Crippen LogP contribution in [0.3, 0.4) is 0 Å². The van der Waals surface area contributed by atoms with E-state index in [1.165, 1.54) is 6.07 Å². The van der Waals surface area contributed by atoms with Crippen LogP contribution in [0, 0.1) is 11.6 Å². The molecule has 2 N–H and O–H groups in total. The Kier molecular flexibility index (Phi) is 5.70. The minimum absolute atomic E-state index is 0.0183. The van der Waals surface area contributed by atoms with Crippen molar-refractivity contribution in [1.82, 2.24) is 20.1 Å². The fraction of sp³-hybridized carbons (Fsp3) is 0.208. The molecule has 33 heavy (non-hydrogen) atoms. The van der Waals surface area contributed by atoms with Crippen molar-refractivity contribution in [2.45, 2.75) is 6.42 Å². The van der Waals surface area contributed by atoms with Crippen molar-refractivity contribution >= 4 is 28.4 Å². The van der Waals surface area contributed by atoms with Crippen molar-refractivity contribution in [3.63, 3.8) is 0 Å². The molecule has 0 spiro atoms. The molecule has 0 saturated carbocycles. The highest BCUT2D eigenvalue weighted by Gasteiger charge is 2.18. The zero-order valence-electron chi connectivity index (χ0n) is 17.6. The number of nitrogens with zero attached hydrogens (tertiary/aromatic N) is 3. The number of anilines is 2. The van der Waals surface area contributed by atoms with Crippen LogP contribution in [-0.4, -0.2) is 52.3 Å². The van der Waals surface area contributed by atoms with E-state index in [0.29, 0.717) is 43.3 Å². The van der Waals surface area contributed by atoms with Gasteiger partial charge in [0.15, 0.2) is 5.65 Å². The van der Waals surface area contributed by atoms with Crippen LogP contribution in [0.2, 0.25) is 0 Å². The van der Waals surface area contributed by atoms with Crippen LogP contribution in [-0.2, 0) is 11.2 Å². The van der Waals surface area contributed by atoms with E-state index in [-0.39, 0.29) is 17.9 Å². The highest BCUT2D eigenvalue weighted by molar-refractivity contribution is 5.95. The van der Waals surface area contributed by atoms with E-state index < -0.39 is 11.6 Å². The van der Waals surface area contributed by atoms with Gasteiger partial charge in [-0.2, -0.15) is 5.10 Å². The molecule has 7 nitrogen and oxygen atoms in total. The number of aromatic nitrogens is 3. The summed E-state index contributed by atoms with van der Waals surface area (Å²) in [7, 11) is 0. The van der Waals surface area contributed by atoms with Crippen molar-refractivity contribution < 1.29 is 18.3 Å². The summed E-state index contributed by atoms with van der Waals surface area (Å²) < 4.78 is 32.8. The Balaban J connectivity index is 1.34. The highest BCUT2D eigenvalue weighted by Crippen LogP contribution is 2.25. The predicted octanol–water partition coefficient (Wildman–Crippen LogP) is 4.04. The summed E-state index contributed by atoms with van der Waals surface area (Å²) >= 11 is 0. The van der Waals surface area contributed by atoms with E-state index in [1.807, 2.05) is 18.2 Å². The summed E-state index contributed by atoms with van der Waals surface area (Å²) in [6.07, 6.45) is 1.80. The molecule has 9 heteroatoms. The number of morpholine rings is 1. The molecule has 0 atom stereocenters. The van der Waals surface area contributed by atoms with Gasteiger partial charge in [0.05, 0.1) is 18.6 Å². The maximum Gasteiger partial charge on any atom is 0.254 e. The lowest BCUT2D eigenvalue weighted by molar-refractivity contribution is 0.0303. The van der Waals surface area contributed by atoms with Gasteiger partial charge < -0.3 is 15.0 Å². The zero-order chi connectivity index (χ0) is 22.8. The molecule has 0 bridgehead atoms. The van der Waals surface area contributed by atoms with Crippen LogP contribution in [0.15, 0.2) is 54.7 Å². The lowest BCUT2D eigenvalue weighted by Gasteiger charge is -2.26. The van der Waals surface area contributed by atoms with Crippen molar-refractivity contribution in [3.8, 4) is 0 Å². The number of carbonyl (C=O) groups excluding carboxylic acids is 1. The Bertz CT molecular complexity index is 1300. The largest absolute Gasteiger partial charge is 0.378 e. The van der Waals surface area contributed by atoms with E-state index in [1.54, 1.807) is 23.2 Å². The van der Waals surface area contributed by atoms with Crippen molar-refractivity contribution in [2.24, 2.45) is 0 Å². The van der Waals surface area contributed by atoms with Crippen LogP contribution >= 0.6 is 0 Å². The number of halogens is 2. The SMILES string of the molecule is O=C(c1ccc(Nc2[nH]nc3ncc(Cc4cc(F)ccc4F)cc23)cc1)N1CCOCC1. The van der Waals surface area contributed by atoms with Crippen molar-refractivity contribution in [2.75, 3.05) is 31.6 Å². The smallest absolute Gasteiger partial charge is 0.254 e. The third-order valence-corrected chi connectivity index (χ3v) is 5.57. The molecule has 1 amide bonds. The second-order valence-electron chi connectivity index (χ2n) is 7.83. The number of pyridine rings is 1. The number of carbonyl (C=O) groups is 1. The lowest BCUT2D eigenvalue weighted by Crippen LogP contribution is -2.40. The molecule has 1 fully saturated rings. The number of rotatable bonds is 5. The number of aromatic amines is 1. The van der Waals surface area contributed by atoms with Crippen LogP contribution in [0.1, 0.15) is 21.5 Å². The first kappa shape index (κ1) is 21.0. The lowest BCUT2D eigenvalue weighted by atomic mass is 10.1. The fourth-order valence-electron chi connectivity index (χ4n) is 3.82. The molecule has 1 aliphatic rings. The normalized spacial score (nSPS) is 13.9. The Labute approximate surface area is 188 Å². The Morgan fingerprint density at radius 1 is 1.09 bits per heavy atom. The Hall–Kier alpha value is -3.85. The van der Waals surface area contributed by atoms with E-state index >= 15 is 0 Å². The van der Waals surface area contributed by atoms with Gasteiger partial charge in [-0.05, 0) is 59.7 Å². The summed E-state index contributed by atoms with van der Waals surface area (Å²) in [6, 6.07) is 12.4. The first-order chi connectivity index (χ1) is 16.1. The average Bonchev–Trinajstić information content (AvgIpc) is 3.24. The summed E-state index contributed by atoms with van der Waals surface area (Å²) in [5.74, 6) is -0.350. The molecule has 2 aromatic heterocycles. The van der Waals surface area contributed by atoms with Gasteiger partial charge in [0, 0.05) is 37.0 Å². The fourth-order valence-corrected chi connectivity index (χ4v) is 3.82. The second-order valence-corrected chi connectivity index (χ2v) is 7.83. The maximum atomic E-state index is 14.0. The highest BCUT2D eigenvalue weighted by atomic mass is 19.1. The van der Waals surface area contributed by atoms with Crippen LogP contribution in [0.25, 0.3) is 11.0 Å². The second kappa shape index (κ2) is 8.95. The number of amides is 1. The van der Waals surface area contributed by atoms with Gasteiger partial charge >= 0.3 is 0 Å². The van der Waals surface area contributed by atoms with E-state index in [2.05, 4.69) is 20.5 Å². The van der Waals surface area contributed by atoms with Crippen molar-refractivity contribution in [3.05, 3.63) is 83.1 Å². The molecular formula is C24H21F2N5O2. The number of fused-ring (bicyclic) bond motifs is 1. The van der Waals surface area contributed by atoms with E-state index in [0.717, 1.165) is 28.8 Å². The number of hydrogen-bond acceptors (Lipinski definition) is 5. The van der Waals surface area contributed by atoms with Crippen LogP contribution in [0.5, 0.6) is 0 Å². The average molecular weight is 449 g/mol. The molecule has 3 heterocycles. The molecule has 4 aromatic rings. The van der Waals surface area contributed by atoms with Gasteiger partial charge in [0.25, 0.3) is 5.91 Å². The Morgan fingerprint density at radius 3 is 2.67 bits per heavy atom. The molecular weight excluding hydrogens is 428 g/mol. The van der Waals surface area contributed by atoms with E-state index in [9.17, 15) is 13.6 Å². The number of nitrogens with one attached hydrogen (secondary N) is 2. The van der Waals surface area contributed by atoms with Crippen molar-refractivity contribution in [1.29, 1.82) is 0 Å². The standard InChI is InChI=1S/C24H21F2N5O2/c25-18-3-6-21(26)17(13-18)11-15-12-20-22(27-14-15)29-30-23(20)28-19-4-1-16(2-5-19)24(32)31-7-9-33-10-8-31/h1-6,12-14H,7-11H2,(H2,27,28,29,30). The van der Waals surface area contributed by atoms with E-state index in [4.69, 9.17) is 4.74 Å². The van der Waals surface area contributed by atoms with Gasteiger partial charge in [-0.25, -0.2) is 13.8 Å². The molecule has 0 aliphatic carbocycles. The summed E-state index contributed by atoms with van der Waals surface area (Å²) in [4.78, 5) is 18.7. The first-order valence-corrected chi connectivity index (χ1v) is 10.6. The minimum atomic E-state index is -0.485. The number of benzene rings is 2. The third-order valence-electron chi connectivity index (χ3n) is 5.57. The monoisotopic (exact) mass is 449 g/mol. The molecule has 168 valence electrons. The van der Waals surface area contributed by atoms with Gasteiger partial charge in [-0.1, -0.05) is 0 Å². The number of hydrogen-bond donors (Lipinski definition) is 2. The predicted molar refractivity (Wildman–Crippen MR) is 119 cm³/mol. The van der Waals surface area contributed by atoms with Gasteiger partial charge in [-0.15, -0.1) is 0 Å². The molecule has 1 aliphatic heterocycles. The third kappa shape index (κ3) is 4.54. The molecule has 1 saturated heterocycles. The summed E-state index contributed by atoms with van der Waals surface area (Å²) in [6.45, 7) is 2.29. The summed E-state index contributed by atoms with van der Waals surface area (Å²) in [5, 5.41) is 11.1. The topological polar surface area (TPSA) is 83.1 Å². The first-order valence-electron chi connectivity index (χ1n) is 10.6. The number of ether oxygens (including phenoxy) is 1. The Morgan fingerprint density at radius 2 is 1.88 bits per heavy atom. The summed E-state index contributed by atoms with van der Waals surface area (Å²) in [5.41, 5.74) is 2.86. The van der Waals surface area contributed by atoms with Crippen LogP contribution < -0.4 is 5.32 Å². The number of H-pyrrole nitrogens is 1. The van der Waals surface area contributed by atoms with Gasteiger partial charge in [0.1, 0.15) is 17.5 Å². The van der Waals surface area contributed by atoms with Gasteiger partial charge in [-0.3, -0.25) is 9.89 Å². The molecule has 0 radical (unpaired) electrons. The maximum absolute atomic E-state index is 14.0. The minimum Gasteiger partial charge on any atom is -0.378 e. The molecule has 2 aromatic carbocycles. The molecule has 5 rings (SSSR count).